The van der Waals surface area contributed by atoms with Crippen LogP contribution in [0, 0.1) is 5.82 Å². The van der Waals surface area contributed by atoms with Crippen LogP contribution in [0.4, 0.5) is 4.39 Å². The van der Waals surface area contributed by atoms with E-state index in [-0.39, 0.29) is 11.5 Å². The molecule has 0 N–H and O–H groups in total. The molecule has 128 valence electrons. The molecular formula is C18H20ClFN2O2. The number of rotatable bonds is 2. The summed E-state index contributed by atoms with van der Waals surface area (Å²) in [6.45, 7) is 1.27. The lowest BCUT2D eigenvalue weighted by atomic mass is 9.85. The predicted molar refractivity (Wildman–Crippen MR) is 88.4 cm³/mol. The van der Waals surface area contributed by atoms with Gasteiger partial charge in [0.05, 0.1) is 5.56 Å². The highest BCUT2D eigenvalue weighted by Crippen LogP contribution is 2.42. The van der Waals surface area contributed by atoms with E-state index in [1.807, 2.05) is 4.90 Å². The summed E-state index contributed by atoms with van der Waals surface area (Å²) >= 11 is 5.93. The Morgan fingerprint density at radius 3 is 2.62 bits per heavy atom. The molecule has 1 unspecified atom stereocenters. The summed E-state index contributed by atoms with van der Waals surface area (Å²) in [7, 11) is 0. The van der Waals surface area contributed by atoms with E-state index in [0.29, 0.717) is 30.5 Å². The Morgan fingerprint density at radius 2 is 1.92 bits per heavy atom. The second-order valence-corrected chi connectivity index (χ2v) is 7.49. The minimum absolute atomic E-state index is 0.0416. The molecule has 0 radical (unpaired) electrons. The van der Waals surface area contributed by atoms with Crippen LogP contribution in [0.15, 0.2) is 18.2 Å². The number of benzene rings is 1. The molecule has 2 aliphatic heterocycles. The number of hydrogen-bond acceptors (Lipinski definition) is 2. The van der Waals surface area contributed by atoms with Crippen molar-refractivity contribution in [2.75, 3.05) is 13.1 Å². The van der Waals surface area contributed by atoms with Crippen LogP contribution in [-0.4, -0.2) is 46.3 Å². The molecule has 4 nitrogen and oxygen atoms in total. The summed E-state index contributed by atoms with van der Waals surface area (Å²) in [5.74, 6) is -0.947. The maximum absolute atomic E-state index is 14.1. The van der Waals surface area contributed by atoms with Crippen LogP contribution < -0.4 is 0 Å². The number of hydrogen-bond donors (Lipinski definition) is 0. The largest absolute Gasteiger partial charge is 0.338 e. The molecule has 1 spiro atoms. The number of piperidine rings is 1. The lowest BCUT2D eigenvalue weighted by Gasteiger charge is -2.44. The Hall–Kier alpha value is -1.62. The first-order chi connectivity index (χ1) is 11.5. The molecule has 0 bridgehead atoms. The van der Waals surface area contributed by atoms with E-state index in [2.05, 4.69) is 0 Å². The Kier molecular flexibility index (Phi) is 3.79. The zero-order valence-electron chi connectivity index (χ0n) is 13.4. The number of carbonyl (C=O) groups is 2. The third-order valence-electron chi connectivity index (χ3n) is 5.53. The number of carbonyl (C=O) groups excluding carboxylic acids is 2. The van der Waals surface area contributed by atoms with Crippen molar-refractivity contribution in [3.63, 3.8) is 0 Å². The Morgan fingerprint density at radius 1 is 1.21 bits per heavy atom. The van der Waals surface area contributed by atoms with Gasteiger partial charge in [0.1, 0.15) is 11.4 Å². The zero-order valence-corrected chi connectivity index (χ0v) is 14.2. The van der Waals surface area contributed by atoms with Crippen molar-refractivity contribution in [1.82, 2.24) is 9.80 Å². The number of likely N-dealkylation sites (tertiary alicyclic amines) is 2. The molecule has 2 saturated heterocycles. The van der Waals surface area contributed by atoms with Crippen molar-refractivity contribution in [2.45, 2.75) is 50.1 Å². The molecule has 3 fully saturated rings. The standard InChI is InChI=1S/C18H20ClFN2O2/c19-12-3-6-15(20)14(11-12)16(23)22-10-2-8-18(22)7-1-9-21(17(18)24)13-4-5-13/h3,6,11,13H,1-2,4-5,7-10H2. The van der Waals surface area contributed by atoms with Gasteiger partial charge in [0.25, 0.3) is 5.91 Å². The topological polar surface area (TPSA) is 40.6 Å². The Balaban J connectivity index is 1.68. The van der Waals surface area contributed by atoms with Crippen molar-refractivity contribution in [3.8, 4) is 0 Å². The SMILES string of the molecule is O=C(c1cc(Cl)ccc1F)N1CCCC12CCCN(C1CC1)C2=O. The van der Waals surface area contributed by atoms with Gasteiger partial charge in [0.2, 0.25) is 5.91 Å². The van der Waals surface area contributed by atoms with E-state index in [9.17, 15) is 14.0 Å². The quantitative estimate of drug-likeness (QED) is 0.821. The van der Waals surface area contributed by atoms with Crippen LogP contribution in [0.5, 0.6) is 0 Å². The summed E-state index contributed by atoms with van der Waals surface area (Å²) in [5.41, 5.74) is -0.827. The molecule has 1 saturated carbocycles. The van der Waals surface area contributed by atoms with Gasteiger partial charge in [-0.2, -0.15) is 0 Å². The van der Waals surface area contributed by atoms with Gasteiger partial charge in [0.15, 0.2) is 0 Å². The fourth-order valence-corrected chi connectivity index (χ4v) is 4.39. The summed E-state index contributed by atoms with van der Waals surface area (Å²) in [6, 6.07) is 4.33. The average molecular weight is 351 g/mol. The first-order valence-electron chi connectivity index (χ1n) is 8.61. The normalized spacial score (nSPS) is 27.2. The van der Waals surface area contributed by atoms with Gasteiger partial charge < -0.3 is 9.80 Å². The lowest BCUT2D eigenvalue weighted by Crippen LogP contribution is -2.61. The second kappa shape index (κ2) is 5.73. The van der Waals surface area contributed by atoms with Crippen LogP contribution in [0.1, 0.15) is 48.9 Å². The Bertz CT molecular complexity index is 706. The molecule has 24 heavy (non-hydrogen) atoms. The molecular weight excluding hydrogens is 331 g/mol. The predicted octanol–water partition coefficient (Wildman–Crippen LogP) is 3.24. The third kappa shape index (κ3) is 2.41. The molecule has 2 amide bonds. The van der Waals surface area contributed by atoms with E-state index in [1.54, 1.807) is 4.90 Å². The maximum Gasteiger partial charge on any atom is 0.257 e. The van der Waals surface area contributed by atoms with E-state index in [1.165, 1.54) is 18.2 Å². The van der Waals surface area contributed by atoms with Crippen molar-refractivity contribution in [1.29, 1.82) is 0 Å². The molecule has 3 aliphatic rings. The summed E-state index contributed by atoms with van der Waals surface area (Å²) < 4.78 is 14.1. The minimum atomic E-state index is -0.785. The van der Waals surface area contributed by atoms with Crippen molar-refractivity contribution >= 4 is 23.4 Å². The van der Waals surface area contributed by atoms with Gasteiger partial charge in [-0.05, 0) is 56.7 Å². The monoisotopic (exact) mass is 350 g/mol. The molecule has 1 atom stereocenters. The molecule has 1 aliphatic carbocycles. The number of amides is 2. The van der Waals surface area contributed by atoms with Gasteiger partial charge in [-0.15, -0.1) is 0 Å². The second-order valence-electron chi connectivity index (χ2n) is 7.05. The zero-order chi connectivity index (χ0) is 16.9. The minimum Gasteiger partial charge on any atom is -0.338 e. The highest BCUT2D eigenvalue weighted by atomic mass is 35.5. The van der Waals surface area contributed by atoms with Gasteiger partial charge >= 0.3 is 0 Å². The fraction of sp³-hybridized carbons (Fsp3) is 0.556. The summed E-state index contributed by atoms with van der Waals surface area (Å²) in [6.07, 6.45) is 5.12. The number of nitrogens with zero attached hydrogens (tertiary/aromatic N) is 2. The molecule has 1 aromatic rings. The first kappa shape index (κ1) is 15.9. The van der Waals surface area contributed by atoms with Crippen LogP contribution >= 0.6 is 11.6 Å². The van der Waals surface area contributed by atoms with Crippen LogP contribution in [0.3, 0.4) is 0 Å². The molecule has 4 rings (SSSR count). The van der Waals surface area contributed by atoms with Crippen LogP contribution in [-0.2, 0) is 4.79 Å². The molecule has 2 heterocycles. The highest BCUT2D eigenvalue weighted by molar-refractivity contribution is 6.31. The number of halogens is 2. The van der Waals surface area contributed by atoms with Gasteiger partial charge in [-0.3, -0.25) is 9.59 Å². The lowest BCUT2D eigenvalue weighted by molar-refractivity contribution is -0.146. The van der Waals surface area contributed by atoms with Gasteiger partial charge in [-0.25, -0.2) is 4.39 Å². The van der Waals surface area contributed by atoms with Gasteiger partial charge in [-0.1, -0.05) is 11.6 Å². The summed E-state index contributed by atoms with van der Waals surface area (Å²) in [4.78, 5) is 29.7. The van der Waals surface area contributed by atoms with Crippen LogP contribution in [0.25, 0.3) is 0 Å². The fourth-order valence-electron chi connectivity index (χ4n) is 4.22. The van der Waals surface area contributed by atoms with E-state index in [4.69, 9.17) is 11.6 Å². The van der Waals surface area contributed by atoms with E-state index in [0.717, 1.165) is 32.2 Å². The summed E-state index contributed by atoms with van der Waals surface area (Å²) in [5, 5.41) is 0.322. The van der Waals surface area contributed by atoms with Crippen LogP contribution in [0.2, 0.25) is 5.02 Å². The molecule has 0 aromatic heterocycles. The van der Waals surface area contributed by atoms with E-state index < -0.39 is 17.3 Å². The van der Waals surface area contributed by atoms with E-state index >= 15 is 0 Å². The van der Waals surface area contributed by atoms with Crippen molar-refractivity contribution in [3.05, 3.63) is 34.6 Å². The maximum atomic E-state index is 14.1. The molecule has 6 heteroatoms. The third-order valence-corrected chi connectivity index (χ3v) is 5.76. The smallest absolute Gasteiger partial charge is 0.257 e. The Labute approximate surface area is 145 Å². The first-order valence-corrected chi connectivity index (χ1v) is 8.99. The van der Waals surface area contributed by atoms with Gasteiger partial charge in [0, 0.05) is 24.2 Å². The highest BCUT2D eigenvalue weighted by Gasteiger charge is 2.54. The average Bonchev–Trinajstić information content (AvgIpc) is 3.32. The van der Waals surface area contributed by atoms with Crippen molar-refractivity contribution in [2.24, 2.45) is 0 Å². The van der Waals surface area contributed by atoms with Crippen molar-refractivity contribution < 1.29 is 14.0 Å². The molecule has 1 aromatic carbocycles.